The zero-order valence-corrected chi connectivity index (χ0v) is 47.7. The lowest BCUT2D eigenvalue weighted by atomic mass is 9.86. The van der Waals surface area contributed by atoms with Crippen molar-refractivity contribution in [1.29, 1.82) is 0 Å². The van der Waals surface area contributed by atoms with Crippen molar-refractivity contribution < 1.29 is 0 Å². The first-order chi connectivity index (χ1) is 40.4. The summed E-state index contributed by atoms with van der Waals surface area (Å²) in [6.07, 6.45) is 1.94. The molecule has 0 amide bonds. The Hall–Kier alpha value is -10.0. The topological polar surface area (TPSA) is 27.7 Å². The number of hydrogen-bond acceptors (Lipinski definition) is 1. The summed E-state index contributed by atoms with van der Waals surface area (Å²) < 4.78 is 7.18. The van der Waals surface area contributed by atoms with Gasteiger partial charge in [-0.05, 0) is 187 Å². The maximum absolute atomic E-state index is 5.10. The summed E-state index contributed by atoms with van der Waals surface area (Å²) in [5.41, 5.74) is 23.8. The molecule has 0 saturated heterocycles. The molecule has 15 rings (SSSR count). The Morgan fingerprint density at radius 2 is 0.506 bits per heavy atom. The Kier molecular flexibility index (Phi) is 11.6. The largest absolute Gasteiger partial charge is 0.309 e. The molecule has 4 heteroatoms. The number of aromatic nitrogens is 4. The number of hydrogen-bond donors (Lipinski definition) is 0. The number of pyridine rings is 1. The van der Waals surface area contributed by atoms with Gasteiger partial charge in [-0.25, -0.2) is 4.98 Å². The van der Waals surface area contributed by atoms with E-state index in [0.717, 1.165) is 61.6 Å². The molecule has 0 aliphatic heterocycles. The molecule has 0 aliphatic rings. The molecule has 0 atom stereocenters. The van der Waals surface area contributed by atoms with Crippen LogP contribution in [-0.2, 0) is 10.8 Å². The highest BCUT2D eigenvalue weighted by Crippen LogP contribution is 2.43. The second-order valence-electron chi connectivity index (χ2n) is 24.5. The van der Waals surface area contributed by atoms with E-state index in [-0.39, 0.29) is 10.8 Å². The summed E-state index contributed by atoms with van der Waals surface area (Å²) in [7, 11) is 0. The van der Waals surface area contributed by atoms with Crippen molar-refractivity contribution in [1.82, 2.24) is 18.7 Å². The predicted octanol–water partition coefficient (Wildman–Crippen LogP) is 21.3. The van der Waals surface area contributed by atoms with Gasteiger partial charge in [-0.3, -0.25) is 4.57 Å². The van der Waals surface area contributed by atoms with Crippen LogP contribution in [0.5, 0.6) is 0 Å². The van der Waals surface area contributed by atoms with E-state index in [1.54, 1.807) is 0 Å². The van der Waals surface area contributed by atoms with Crippen molar-refractivity contribution in [2.75, 3.05) is 0 Å². The lowest BCUT2D eigenvalue weighted by Crippen LogP contribution is -2.10. The van der Waals surface area contributed by atoms with Crippen molar-refractivity contribution in [3.63, 3.8) is 0 Å². The Morgan fingerprint density at radius 3 is 0.831 bits per heavy atom. The smallest absolute Gasteiger partial charge is 0.138 e. The highest BCUT2D eigenvalue weighted by atomic mass is 15.1. The summed E-state index contributed by atoms with van der Waals surface area (Å²) in [4.78, 5) is 5.10. The van der Waals surface area contributed by atoms with E-state index < -0.39 is 0 Å². The maximum atomic E-state index is 5.10. The van der Waals surface area contributed by atoms with E-state index in [1.807, 2.05) is 6.20 Å². The van der Waals surface area contributed by atoms with Gasteiger partial charge >= 0.3 is 0 Å². The monoisotopic (exact) mass is 1070 g/mol. The fourth-order valence-corrected chi connectivity index (χ4v) is 12.8. The van der Waals surface area contributed by atoms with Gasteiger partial charge in [-0.2, -0.15) is 0 Å². The van der Waals surface area contributed by atoms with E-state index in [2.05, 4.69) is 316 Å². The fourth-order valence-electron chi connectivity index (χ4n) is 12.8. The van der Waals surface area contributed by atoms with E-state index in [1.165, 1.54) is 87.8 Å². The first-order valence-corrected chi connectivity index (χ1v) is 29.0. The maximum Gasteiger partial charge on any atom is 0.138 e. The molecule has 83 heavy (non-hydrogen) atoms. The third kappa shape index (κ3) is 8.64. The van der Waals surface area contributed by atoms with Crippen LogP contribution >= 0.6 is 0 Å². The number of nitrogens with zero attached hydrogens (tertiary/aromatic N) is 4. The molecule has 0 saturated carbocycles. The van der Waals surface area contributed by atoms with Crippen LogP contribution in [-0.4, -0.2) is 18.7 Å². The van der Waals surface area contributed by atoms with Crippen LogP contribution in [0.25, 0.3) is 138 Å². The number of para-hydroxylation sites is 2. The van der Waals surface area contributed by atoms with Crippen LogP contribution in [0.2, 0.25) is 0 Å². The molecule has 398 valence electrons. The van der Waals surface area contributed by atoms with Crippen molar-refractivity contribution in [3.8, 4) is 72.8 Å². The Labute approximate surface area is 484 Å². The summed E-state index contributed by atoms with van der Waals surface area (Å²) in [5.74, 6) is 0.879. The van der Waals surface area contributed by atoms with Gasteiger partial charge in [0.25, 0.3) is 0 Å². The van der Waals surface area contributed by atoms with Gasteiger partial charge in [-0.15, -0.1) is 0 Å². The SMILES string of the molecule is CC(C)(C)c1ccc(-c2ccc3c(c2)c2cc(-c4ccc5c(c4)c4cc(-c6ccc7c(c6)c6cc(-c8ccc(C(C)(C)C)cc8)ccc6n7-c6ccccc6)ccc4n5-c4cc(-c5ccccc5)ccn4)ccc2n3-c2ccccc2)cc1. The lowest BCUT2D eigenvalue weighted by molar-refractivity contribution is 0.590. The zero-order valence-electron chi connectivity index (χ0n) is 47.7. The molecule has 0 N–H and O–H groups in total. The molecule has 4 nitrogen and oxygen atoms in total. The molecule has 0 unspecified atom stereocenters. The van der Waals surface area contributed by atoms with Crippen molar-refractivity contribution in [2.45, 2.75) is 52.4 Å². The number of benzene rings is 11. The molecule has 11 aromatic carbocycles. The molecule has 15 aromatic rings. The number of rotatable bonds is 8. The van der Waals surface area contributed by atoms with E-state index in [0.29, 0.717) is 0 Å². The molecule has 0 aliphatic carbocycles. The Bertz CT molecular complexity index is 4710. The first-order valence-electron chi connectivity index (χ1n) is 29.0. The van der Waals surface area contributed by atoms with Gasteiger partial charge in [-0.1, -0.05) is 193 Å². The molecule has 4 heterocycles. The first kappa shape index (κ1) is 50.0. The third-order valence-electron chi connectivity index (χ3n) is 17.2. The second kappa shape index (κ2) is 19.3. The van der Waals surface area contributed by atoms with Crippen LogP contribution in [0.1, 0.15) is 52.7 Å². The molecule has 0 radical (unpaired) electrons. The van der Waals surface area contributed by atoms with Crippen LogP contribution in [0, 0.1) is 0 Å². The normalized spacial score (nSPS) is 12.2. The van der Waals surface area contributed by atoms with Crippen LogP contribution in [0.3, 0.4) is 0 Å². The van der Waals surface area contributed by atoms with Gasteiger partial charge in [0, 0.05) is 49.9 Å². The average molecular weight is 1070 g/mol. The Balaban J connectivity index is 0.910. The molecular formula is C79H62N4. The minimum Gasteiger partial charge on any atom is -0.309 e. The third-order valence-corrected chi connectivity index (χ3v) is 17.2. The summed E-state index contributed by atoms with van der Waals surface area (Å²) in [6, 6.07) is 96.7. The summed E-state index contributed by atoms with van der Waals surface area (Å²) in [6.45, 7) is 13.6. The zero-order chi connectivity index (χ0) is 56.1. The van der Waals surface area contributed by atoms with Crippen LogP contribution in [0.15, 0.2) is 267 Å². The molecule has 0 bridgehead atoms. The summed E-state index contributed by atoms with van der Waals surface area (Å²) >= 11 is 0. The van der Waals surface area contributed by atoms with Crippen LogP contribution < -0.4 is 0 Å². The molecule has 0 spiro atoms. The highest BCUT2D eigenvalue weighted by molar-refractivity contribution is 6.15. The standard InChI is InChI=1S/C79H62N4/c1-78(2,3)61-32-22-52(23-33-61)54-26-36-71-65(44-54)67-46-56(28-38-73(67)81(71)63-18-12-8-13-19-63)58-30-40-75-69(48-58)70-49-59(31-41-76(70)83(75)77-50-60(42-43-80-77)51-16-10-7-11-17-51)57-29-39-74-68(47-57)66-45-55(53-24-34-62(35-25-53)79(4,5)6)27-37-72(66)82(74)64-20-14-9-15-21-64/h7-50H,1-6H3. The van der Waals surface area contributed by atoms with Crippen molar-refractivity contribution in [3.05, 3.63) is 278 Å². The minimum absolute atomic E-state index is 0.0833. The van der Waals surface area contributed by atoms with Gasteiger partial charge in [0.2, 0.25) is 0 Å². The second-order valence-corrected chi connectivity index (χ2v) is 24.5. The van der Waals surface area contributed by atoms with Crippen molar-refractivity contribution >= 4 is 65.4 Å². The summed E-state index contributed by atoms with van der Waals surface area (Å²) in [5, 5.41) is 7.23. The van der Waals surface area contributed by atoms with Gasteiger partial charge < -0.3 is 9.13 Å². The van der Waals surface area contributed by atoms with Gasteiger partial charge in [0.15, 0.2) is 0 Å². The fraction of sp³-hybridized carbons (Fsp3) is 0.101. The van der Waals surface area contributed by atoms with Crippen molar-refractivity contribution in [2.24, 2.45) is 0 Å². The number of fused-ring (bicyclic) bond motifs is 9. The van der Waals surface area contributed by atoms with E-state index >= 15 is 0 Å². The van der Waals surface area contributed by atoms with E-state index in [4.69, 9.17) is 4.98 Å². The van der Waals surface area contributed by atoms with Crippen LogP contribution in [0.4, 0.5) is 0 Å². The Morgan fingerprint density at radius 1 is 0.241 bits per heavy atom. The lowest BCUT2D eigenvalue weighted by Gasteiger charge is -2.19. The molecule has 0 fully saturated rings. The minimum atomic E-state index is 0.0833. The van der Waals surface area contributed by atoms with Gasteiger partial charge in [0.1, 0.15) is 5.82 Å². The predicted molar refractivity (Wildman–Crippen MR) is 352 cm³/mol. The van der Waals surface area contributed by atoms with E-state index in [9.17, 15) is 0 Å². The quantitative estimate of drug-likeness (QED) is 0.149. The average Bonchev–Trinajstić information content (AvgIpc) is 2.77. The molecule has 4 aromatic heterocycles. The highest BCUT2D eigenvalue weighted by Gasteiger charge is 2.22. The molecular weight excluding hydrogens is 1000 g/mol. The van der Waals surface area contributed by atoms with Gasteiger partial charge in [0.05, 0.1) is 33.1 Å².